The maximum atomic E-state index is 10.5. The molecule has 2 nitrogen and oxygen atoms in total. The summed E-state index contributed by atoms with van der Waals surface area (Å²) in [6.07, 6.45) is 5.07. The van der Waals surface area contributed by atoms with Gasteiger partial charge in [0.05, 0.1) is 5.92 Å². The molecule has 0 aliphatic carbocycles. The molecule has 1 N–H and O–H groups in total. The molecule has 0 saturated heterocycles. The second-order valence-electron chi connectivity index (χ2n) is 3.61. The molecular formula is C10H20O2S. The Balaban J connectivity index is 3.39. The largest absolute Gasteiger partial charge is 0.481 e. The number of carbonyl (C=O) groups is 1. The van der Waals surface area contributed by atoms with E-state index in [9.17, 15) is 4.79 Å². The van der Waals surface area contributed by atoms with Gasteiger partial charge in [-0.1, -0.05) is 26.7 Å². The number of hydrogen-bond donors (Lipinski definition) is 2. The van der Waals surface area contributed by atoms with E-state index in [1.807, 2.05) is 0 Å². The highest BCUT2D eigenvalue weighted by atomic mass is 32.1. The average Bonchev–Trinajstić information content (AvgIpc) is 2.04. The van der Waals surface area contributed by atoms with Crippen molar-refractivity contribution in [3.63, 3.8) is 0 Å². The number of thiol groups is 1. The van der Waals surface area contributed by atoms with Gasteiger partial charge in [-0.05, 0) is 19.3 Å². The summed E-state index contributed by atoms with van der Waals surface area (Å²) < 4.78 is 0. The summed E-state index contributed by atoms with van der Waals surface area (Å²) in [5.41, 5.74) is 0. The lowest BCUT2D eigenvalue weighted by Gasteiger charge is -2.10. The van der Waals surface area contributed by atoms with Gasteiger partial charge in [0.25, 0.3) is 0 Å². The Kier molecular flexibility index (Phi) is 7.14. The third-order valence-electron chi connectivity index (χ3n) is 2.22. The standard InChI is InChI=1S/C10H20O2S/c1-3-5-9(13)7-4-6-8(2)10(11)12/h8-9,13H,3-7H2,1-2H3,(H,11,12). The van der Waals surface area contributed by atoms with Crippen molar-refractivity contribution < 1.29 is 9.90 Å². The second kappa shape index (κ2) is 7.25. The zero-order chi connectivity index (χ0) is 10.3. The second-order valence-corrected chi connectivity index (χ2v) is 4.34. The molecule has 0 rings (SSSR count). The molecule has 2 unspecified atom stereocenters. The van der Waals surface area contributed by atoms with Crippen LogP contribution in [0.1, 0.15) is 46.0 Å². The monoisotopic (exact) mass is 204 g/mol. The van der Waals surface area contributed by atoms with E-state index in [1.165, 1.54) is 0 Å². The van der Waals surface area contributed by atoms with Gasteiger partial charge in [-0.2, -0.15) is 12.6 Å². The molecule has 3 heteroatoms. The number of carboxylic acid groups (broad SMARTS) is 1. The Hall–Kier alpha value is -0.180. The highest BCUT2D eigenvalue weighted by molar-refractivity contribution is 7.80. The molecule has 0 fully saturated rings. The minimum atomic E-state index is -0.689. The van der Waals surface area contributed by atoms with E-state index in [0.717, 1.165) is 32.1 Å². The molecule has 0 spiro atoms. The van der Waals surface area contributed by atoms with Crippen molar-refractivity contribution in [3.05, 3.63) is 0 Å². The van der Waals surface area contributed by atoms with E-state index in [2.05, 4.69) is 19.6 Å². The Morgan fingerprint density at radius 2 is 2.00 bits per heavy atom. The van der Waals surface area contributed by atoms with Gasteiger partial charge in [-0.15, -0.1) is 0 Å². The van der Waals surface area contributed by atoms with Crippen LogP contribution in [0.5, 0.6) is 0 Å². The van der Waals surface area contributed by atoms with Gasteiger partial charge >= 0.3 is 5.97 Å². The maximum absolute atomic E-state index is 10.5. The number of hydrogen-bond acceptors (Lipinski definition) is 2. The Bertz CT molecular complexity index is 148. The molecule has 0 amide bonds. The summed E-state index contributed by atoms with van der Waals surface area (Å²) in [4.78, 5) is 10.5. The smallest absolute Gasteiger partial charge is 0.306 e. The van der Waals surface area contributed by atoms with E-state index in [-0.39, 0.29) is 5.92 Å². The Labute approximate surface area is 86.1 Å². The van der Waals surface area contributed by atoms with Gasteiger partial charge in [0.2, 0.25) is 0 Å². The van der Waals surface area contributed by atoms with Gasteiger partial charge in [0.15, 0.2) is 0 Å². The van der Waals surface area contributed by atoms with Gasteiger partial charge in [0, 0.05) is 5.25 Å². The van der Waals surface area contributed by atoms with Gasteiger partial charge in [-0.3, -0.25) is 4.79 Å². The van der Waals surface area contributed by atoms with E-state index in [1.54, 1.807) is 6.92 Å². The molecule has 2 atom stereocenters. The van der Waals surface area contributed by atoms with Crippen molar-refractivity contribution in [3.8, 4) is 0 Å². The van der Waals surface area contributed by atoms with Crippen molar-refractivity contribution in [2.45, 2.75) is 51.2 Å². The zero-order valence-electron chi connectivity index (χ0n) is 8.49. The van der Waals surface area contributed by atoms with Crippen LogP contribution in [0, 0.1) is 5.92 Å². The van der Waals surface area contributed by atoms with Crippen LogP contribution in [0.25, 0.3) is 0 Å². The molecule has 0 saturated carbocycles. The minimum absolute atomic E-state index is 0.206. The van der Waals surface area contributed by atoms with Crippen LogP contribution in [0.4, 0.5) is 0 Å². The number of aliphatic carboxylic acids is 1. The van der Waals surface area contributed by atoms with Crippen LogP contribution in [-0.4, -0.2) is 16.3 Å². The molecule has 0 aliphatic heterocycles. The van der Waals surface area contributed by atoms with Gasteiger partial charge in [0.1, 0.15) is 0 Å². The molecule has 0 bridgehead atoms. The Morgan fingerprint density at radius 3 is 2.46 bits per heavy atom. The predicted octanol–water partition coefficient (Wildman–Crippen LogP) is 2.98. The quantitative estimate of drug-likeness (QED) is 0.626. The van der Waals surface area contributed by atoms with Crippen molar-refractivity contribution in [1.82, 2.24) is 0 Å². The maximum Gasteiger partial charge on any atom is 0.306 e. The van der Waals surface area contributed by atoms with E-state index in [0.29, 0.717) is 5.25 Å². The SMILES string of the molecule is CCCC(S)CCCC(C)C(=O)O. The first-order valence-corrected chi connectivity index (χ1v) is 5.50. The van der Waals surface area contributed by atoms with Crippen LogP contribution in [0.15, 0.2) is 0 Å². The molecule has 78 valence electrons. The summed E-state index contributed by atoms with van der Waals surface area (Å²) in [5, 5.41) is 9.08. The van der Waals surface area contributed by atoms with Crippen LogP contribution in [0.3, 0.4) is 0 Å². The first kappa shape index (κ1) is 12.8. The summed E-state index contributed by atoms with van der Waals surface area (Å²) in [6.45, 7) is 3.90. The van der Waals surface area contributed by atoms with Crippen LogP contribution >= 0.6 is 12.6 Å². The lowest BCUT2D eigenvalue weighted by Crippen LogP contribution is -2.10. The highest BCUT2D eigenvalue weighted by Gasteiger charge is 2.10. The van der Waals surface area contributed by atoms with Crippen LogP contribution in [0.2, 0.25) is 0 Å². The first-order valence-electron chi connectivity index (χ1n) is 4.98. The lowest BCUT2D eigenvalue weighted by atomic mass is 10.0. The fourth-order valence-electron chi connectivity index (χ4n) is 1.26. The van der Waals surface area contributed by atoms with E-state index in [4.69, 9.17) is 5.11 Å². The summed E-state index contributed by atoms with van der Waals surface area (Å²) in [5.74, 6) is -0.895. The number of rotatable bonds is 7. The molecule has 0 aromatic rings. The predicted molar refractivity (Wildman–Crippen MR) is 58.3 cm³/mol. The molecule has 0 aromatic carbocycles. The van der Waals surface area contributed by atoms with Crippen LogP contribution < -0.4 is 0 Å². The number of carboxylic acids is 1. The average molecular weight is 204 g/mol. The fraction of sp³-hybridized carbons (Fsp3) is 0.900. The van der Waals surface area contributed by atoms with Crippen molar-refractivity contribution in [1.29, 1.82) is 0 Å². The van der Waals surface area contributed by atoms with Crippen molar-refractivity contribution in [2.75, 3.05) is 0 Å². The third-order valence-corrected chi connectivity index (χ3v) is 2.73. The van der Waals surface area contributed by atoms with E-state index < -0.39 is 5.97 Å². The lowest BCUT2D eigenvalue weighted by molar-refractivity contribution is -0.141. The van der Waals surface area contributed by atoms with Crippen molar-refractivity contribution in [2.24, 2.45) is 5.92 Å². The molecule has 0 heterocycles. The first-order chi connectivity index (χ1) is 6.07. The normalized spacial score (nSPS) is 15.3. The molecule has 0 radical (unpaired) electrons. The van der Waals surface area contributed by atoms with Gasteiger partial charge < -0.3 is 5.11 Å². The zero-order valence-corrected chi connectivity index (χ0v) is 9.39. The summed E-state index contributed by atoms with van der Waals surface area (Å²) in [7, 11) is 0. The summed E-state index contributed by atoms with van der Waals surface area (Å²) >= 11 is 4.42. The molecule has 13 heavy (non-hydrogen) atoms. The van der Waals surface area contributed by atoms with Crippen LogP contribution in [-0.2, 0) is 4.79 Å². The summed E-state index contributed by atoms with van der Waals surface area (Å²) in [6, 6.07) is 0. The highest BCUT2D eigenvalue weighted by Crippen LogP contribution is 2.15. The van der Waals surface area contributed by atoms with E-state index >= 15 is 0 Å². The van der Waals surface area contributed by atoms with Gasteiger partial charge in [-0.25, -0.2) is 0 Å². The minimum Gasteiger partial charge on any atom is -0.481 e. The van der Waals surface area contributed by atoms with Crippen molar-refractivity contribution >= 4 is 18.6 Å². The molecule has 0 aliphatic rings. The molecule has 0 aromatic heterocycles. The Morgan fingerprint density at radius 1 is 1.38 bits per heavy atom. The third kappa shape index (κ3) is 6.94. The fourth-order valence-corrected chi connectivity index (χ4v) is 1.70. The topological polar surface area (TPSA) is 37.3 Å². The molecular weight excluding hydrogens is 184 g/mol.